The fraction of sp³-hybridized carbons (Fsp3) is 0.417. The molecule has 1 aromatic rings. The van der Waals surface area contributed by atoms with Crippen LogP contribution in [0.15, 0.2) is 29.3 Å². The number of hydrogen-bond donors (Lipinski definition) is 2. The molecule has 0 heterocycles. The van der Waals surface area contributed by atoms with E-state index in [-0.39, 0.29) is 24.0 Å². The lowest BCUT2D eigenvalue weighted by atomic mass is 10.1. The highest BCUT2D eigenvalue weighted by molar-refractivity contribution is 14.0. The monoisotopic (exact) mass is 349 g/mol. The second-order valence-corrected chi connectivity index (χ2v) is 3.61. The largest absolute Gasteiger partial charge is 0.383 e. The molecule has 0 fully saturated rings. The summed E-state index contributed by atoms with van der Waals surface area (Å²) in [5.41, 5.74) is 8.08. The van der Waals surface area contributed by atoms with Crippen molar-refractivity contribution in [1.29, 1.82) is 0 Å². The maximum absolute atomic E-state index is 5.68. The fourth-order valence-corrected chi connectivity index (χ4v) is 1.32. The number of hydrogen-bond acceptors (Lipinski definition) is 2. The summed E-state index contributed by atoms with van der Waals surface area (Å²) in [5.74, 6) is 0.457. The summed E-state index contributed by atoms with van der Waals surface area (Å²) in [6.45, 7) is 3.97. The van der Waals surface area contributed by atoms with E-state index < -0.39 is 0 Å². The fourth-order valence-electron chi connectivity index (χ4n) is 1.32. The van der Waals surface area contributed by atoms with E-state index in [0.717, 1.165) is 5.56 Å². The van der Waals surface area contributed by atoms with Crippen molar-refractivity contribution in [3.63, 3.8) is 0 Å². The molecule has 0 radical (unpaired) electrons. The molecule has 4 nitrogen and oxygen atoms in total. The Kier molecular flexibility index (Phi) is 8.79. The van der Waals surface area contributed by atoms with E-state index >= 15 is 0 Å². The second-order valence-electron chi connectivity index (χ2n) is 3.61. The molecule has 0 spiro atoms. The SMILES string of the molecule is COCCNC(N)=NCc1cccc(C)c1.I. The number of benzene rings is 1. The van der Waals surface area contributed by atoms with Crippen LogP contribution in [0.4, 0.5) is 0 Å². The van der Waals surface area contributed by atoms with Crippen molar-refractivity contribution >= 4 is 29.9 Å². The van der Waals surface area contributed by atoms with E-state index in [0.29, 0.717) is 25.7 Å². The highest BCUT2D eigenvalue weighted by atomic mass is 127. The average molecular weight is 349 g/mol. The van der Waals surface area contributed by atoms with E-state index in [4.69, 9.17) is 10.5 Å². The van der Waals surface area contributed by atoms with Gasteiger partial charge in [0.25, 0.3) is 0 Å². The number of ether oxygens (including phenoxy) is 1. The minimum absolute atomic E-state index is 0. The van der Waals surface area contributed by atoms with E-state index in [1.807, 2.05) is 12.1 Å². The highest BCUT2D eigenvalue weighted by Crippen LogP contribution is 2.04. The lowest BCUT2D eigenvalue weighted by Gasteiger charge is -2.04. The molecule has 0 bridgehead atoms. The van der Waals surface area contributed by atoms with Crippen LogP contribution in [0.25, 0.3) is 0 Å². The Bertz CT molecular complexity index is 355. The van der Waals surface area contributed by atoms with Crippen LogP contribution in [0.1, 0.15) is 11.1 Å². The minimum Gasteiger partial charge on any atom is -0.383 e. The predicted molar refractivity (Wildman–Crippen MR) is 81.8 cm³/mol. The van der Waals surface area contributed by atoms with Crippen molar-refractivity contribution < 1.29 is 4.74 Å². The first kappa shape index (κ1) is 16.2. The molecular formula is C12H20IN3O. The average Bonchev–Trinajstić information content (AvgIpc) is 2.27. The minimum atomic E-state index is 0. The van der Waals surface area contributed by atoms with Gasteiger partial charge < -0.3 is 15.8 Å². The Morgan fingerprint density at radius 2 is 2.24 bits per heavy atom. The molecule has 0 saturated heterocycles. The summed E-state index contributed by atoms with van der Waals surface area (Å²) in [6.07, 6.45) is 0. The second kappa shape index (κ2) is 9.23. The van der Waals surface area contributed by atoms with Crippen LogP contribution in [-0.4, -0.2) is 26.2 Å². The van der Waals surface area contributed by atoms with Crippen molar-refractivity contribution in [2.24, 2.45) is 10.7 Å². The highest BCUT2D eigenvalue weighted by Gasteiger charge is 1.93. The Morgan fingerprint density at radius 3 is 2.88 bits per heavy atom. The molecule has 0 aromatic heterocycles. The molecule has 0 aliphatic carbocycles. The summed E-state index contributed by atoms with van der Waals surface area (Å²) < 4.78 is 4.90. The maximum atomic E-state index is 5.68. The summed E-state index contributed by atoms with van der Waals surface area (Å²) >= 11 is 0. The maximum Gasteiger partial charge on any atom is 0.188 e. The Balaban J connectivity index is 0.00000256. The van der Waals surface area contributed by atoms with Gasteiger partial charge in [0.2, 0.25) is 0 Å². The van der Waals surface area contributed by atoms with Gasteiger partial charge in [-0.3, -0.25) is 0 Å². The number of rotatable bonds is 5. The molecule has 3 N–H and O–H groups in total. The number of halogens is 1. The third-order valence-corrected chi connectivity index (χ3v) is 2.13. The standard InChI is InChI=1S/C12H19N3O.HI/c1-10-4-3-5-11(8-10)9-15-12(13)14-6-7-16-2;/h3-5,8H,6-7,9H2,1-2H3,(H3,13,14,15);1H. The number of nitrogens with zero attached hydrogens (tertiary/aromatic N) is 1. The van der Waals surface area contributed by atoms with Crippen LogP contribution < -0.4 is 11.1 Å². The van der Waals surface area contributed by atoms with Crippen LogP contribution in [0.2, 0.25) is 0 Å². The molecule has 5 heteroatoms. The van der Waals surface area contributed by atoms with Gasteiger partial charge in [-0.2, -0.15) is 0 Å². The van der Waals surface area contributed by atoms with Gasteiger partial charge >= 0.3 is 0 Å². The van der Waals surface area contributed by atoms with Crippen LogP contribution in [-0.2, 0) is 11.3 Å². The number of aryl methyl sites for hydroxylation is 1. The smallest absolute Gasteiger partial charge is 0.188 e. The molecule has 1 rings (SSSR count). The zero-order valence-corrected chi connectivity index (χ0v) is 12.6. The van der Waals surface area contributed by atoms with Gasteiger partial charge in [0.05, 0.1) is 13.2 Å². The van der Waals surface area contributed by atoms with Crippen molar-refractivity contribution in [2.75, 3.05) is 20.3 Å². The van der Waals surface area contributed by atoms with Gasteiger partial charge in [-0.25, -0.2) is 4.99 Å². The Hall–Kier alpha value is -0.820. The summed E-state index contributed by atoms with van der Waals surface area (Å²) in [5, 5.41) is 2.97. The quantitative estimate of drug-likeness (QED) is 0.368. The predicted octanol–water partition coefficient (Wildman–Crippen LogP) is 1.66. The van der Waals surface area contributed by atoms with Gasteiger partial charge in [-0.1, -0.05) is 29.8 Å². The lowest BCUT2D eigenvalue weighted by Crippen LogP contribution is -2.34. The van der Waals surface area contributed by atoms with Gasteiger partial charge in [-0.15, -0.1) is 24.0 Å². The van der Waals surface area contributed by atoms with Crippen LogP contribution in [0.5, 0.6) is 0 Å². The number of guanidine groups is 1. The number of methoxy groups -OCH3 is 1. The molecular weight excluding hydrogens is 329 g/mol. The van der Waals surface area contributed by atoms with Gasteiger partial charge in [0, 0.05) is 13.7 Å². The molecule has 0 atom stereocenters. The van der Waals surface area contributed by atoms with Crippen LogP contribution in [0.3, 0.4) is 0 Å². The van der Waals surface area contributed by atoms with Crippen molar-refractivity contribution in [3.05, 3.63) is 35.4 Å². The van der Waals surface area contributed by atoms with E-state index in [2.05, 4.69) is 29.4 Å². The van der Waals surface area contributed by atoms with E-state index in [1.54, 1.807) is 7.11 Å². The lowest BCUT2D eigenvalue weighted by molar-refractivity contribution is 0.204. The van der Waals surface area contributed by atoms with Crippen molar-refractivity contribution in [2.45, 2.75) is 13.5 Å². The topological polar surface area (TPSA) is 59.6 Å². The molecule has 0 unspecified atom stereocenters. The van der Waals surface area contributed by atoms with Crippen LogP contribution in [0, 0.1) is 6.92 Å². The molecule has 17 heavy (non-hydrogen) atoms. The molecule has 1 aromatic carbocycles. The van der Waals surface area contributed by atoms with E-state index in [9.17, 15) is 0 Å². The first-order chi connectivity index (χ1) is 7.72. The number of aliphatic imine (C=N–C) groups is 1. The number of nitrogens with two attached hydrogens (primary N) is 1. The Morgan fingerprint density at radius 1 is 1.47 bits per heavy atom. The Labute approximate surface area is 120 Å². The summed E-state index contributed by atoms with van der Waals surface area (Å²) in [6, 6.07) is 8.23. The zero-order valence-electron chi connectivity index (χ0n) is 10.3. The first-order valence-electron chi connectivity index (χ1n) is 5.30. The van der Waals surface area contributed by atoms with Crippen molar-refractivity contribution in [1.82, 2.24) is 5.32 Å². The van der Waals surface area contributed by atoms with Gasteiger partial charge in [0.1, 0.15) is 0 Å². The van der Waals surface area contributed by atoms with Crippen LogP contribution >= 0.6 is 24.0 Å². The molecule has 0 saturated carbocycles. The third-order valence-electron chi connectivity index (χ3n) is 2.13. The summed E-state index contributed by atoms with van der Waals surface area (Å²) in [7, 11) is 1.65. The molecule has 0 aliphatic heterocycles. The van der Waals surface area contributed by atoms with Crippen molar-refractivity contribution in [3.8, 4) is 0 Å². The zero-order chi connectivity index (χ0) is 11.8. The molecule has 0 amide bonds. The number of nitrogens with one attached hydrogen (secondary N) is 1. The summed E-state index contributed by atoms with van der Waals surface area (Å²) in [4.78, 5) is 4.24. The molecule has 0 aliphatic rings. The van der Waals surface area contributed by atoms with E-state index in [1.165, 1.54) is 5.56 Å². The first-order valence-corrected chi connectivity index (χ1v) is 5.30. The third kappa shape index (κ3) is 7.17. The molecule has 96 valence electrons. The van der Waals surface area contributed by atoms with Gasteiger partial charge in [0.15, 0.2) is 5.96 Å². The normalized spacial score (nSPS) is 10.8. The van der Waals surface area contributed by atoms with Gasteiger partial charge in [-0.05, 0) is 12.5 Å².